The van der Waals surface area contributed by atoms with Crippen LogP contribution in [-0.2, 0) is 10.8 Å². The van der Waals surface area contributed by atoms with E-state index >= 15 is 0 Å². The molecule has 0 aromatic heterocycles. The minimum atomic E-state index is 0.0535. The molecule has 1 atom stereocenters. The standard InChI is InChI=1S/C82H68N4/c1-5-21-61(22-6-1)83(62-23-7-2-8-24-62)67-41-45-69(46-42-67)85(71-49-51-75-73-29-13-15-31-77(73)81(79(75)57-71)53-17-18-54-81)65-37-33-59(34-38-65)60-35-39-66(40-36-60)86(72-50-52-76-74-30-14-16-32-78(74)82(80(76)58-72)55-19-20-56-82)70-47-43-68(44-48-70)84(63-25-9-3-10-26-63)64-27-11-4-12-28-64/h1-16,21-52,57,80H,17-20,53-56,58H2. The van der Waals surface area contributed by atoms with E-state index in [9.17, 15) is 0 Å². The Balaban J connectivity index is 0.760. The van der Waals surface area contributed by atoms with Gasteiger partial charge in [-0.15, -0.1) is 0 Å². The summed E-state index contributed by atoms with van der Waals surface area (Å²) in [4.78, 5) is 9.69. The van der Waals surface area contributed by atoms with Crippen molar-refractivity contribution < 1.29 is 0 Å². The monoisotopic (exact) mass is 1110 g/mol. The zero-order chi connectivity index (χ0) is 57.0. The zero-order valence-corrected chi connectivity index (χ0v) is 48.5. The molecule has 4 nitrogen and oxygen atoms in total. The van der Waals surface area contributed by atoms with Crippen LogP contribution in [0.4, 0.5) is 62.6 Å². The molecule has 4 heteroatoms. The van der Waals surface area contributed by atoms with Gasteiger partial charge in [-0.25, -0.2) is 0 Å². The van der Waals surface area contributed by atoms with Gasteiger partial charge in [0, 0.05) is 79.1 Å². The zero-order valence-electron chi connectivity index (χ0n) is 48.5. The van der Waals surface area contributed by atoms with Crippen molar-refractivity contribution in [2.75, 3.05) is 19.6 Å². The summed E-state index contributed by atoms with van der Waals surface area (Å²) in [6.45, 7) is 0. The van der Waals surface area contributed by atoms with E-state index in [2.05, 4.69) is 317 Å². The fourth-order valence-corrected chi connectivity index (χ4v) is 15.9. The second kappa shape index (κ2) is 21.6. The van der Waals surface area contributed by atoms with Crippen molar-refractivity contribution in [2.45, 2.75) is 68.6 Å². The summed E-state index contributed by atoms with van der Waals surface area (Å²) >= 11 is 0. The maximum Gasteiger partial charge on any atom is 0.0465 e. The Labute approximate surface area is 506 Å². The predicted molar refractivity (Wildman–Crippen MR) is 360 cm³/mol. The SMILES string of the molecule is C1=C2c3ccccc3C3(CCCC3)C2CC(N(c2ccc(-c3ccc(N(c4ccc(N(c5ccccc5)c5ccccc5)cc4)c4ccc5c(c4)C4(CCCC4)c4ccccc4-5)cc3)cc2)c2ccc(N(c3ccccc3)c3ccccc3)cc2)=C1. The largest absolute Gasteiger partial charge is 0.314 e. The number of anilines is 11. The van der Waals surface area contributed by atoms with E-state index in [1.54, 1.807) is 5.56 Å². The molecule has 0 bridgehead atoms. The maximum absolute atomic E-state index is 2.54. The molecule has 11 aromatic carbocycles. The van der Waals surface area contributed by atoms with Crippen molar-refractivity contribution in [2.24, 2.45) is 5.92 Å². The molecule has 5 aliphatic carbocycles. The first-order valence-corrected chi connectivity index (χ1v) is 31.2. The third kappa shape index (κ3) is 8.80. The molecule has 0 amide bonds. The lowest BCUT2D eigenvalue weighted by Crippen LogP contribution is -2.31. The van der Waals surface area contributed by atoms with Gasteiger partial charge in [0.05, 0.1) is 0 Å². The van der Waals surface area contributed by atoms with Gasteiger partial charge in [0.1, 0.15) is 0 Å². The molecular weight excluding hydrogens is 1040 g/mol. The summed E-state index contributed by atoms with van der Waals surface area (Å²) in [7, 11) is 0. The fourth-order valence-electron chi connectivity index (χ4n) is 15.9. The molecule has 0 heterocycles. The van der Waals surface area contributed by atoms with Crippen LogP contribution in [0.25, 0.3) is 27.8 Å². The number of para-hydroxylation sites is 4. The smallest absolute Gasteiger partial charge is 0.0465 e. The Kier molecular flexibility index (Phi) is 13.0. The highest BCUT2D eigenvalue weighted by molar-refractivity contribution is 5.89. The van der Waals surface area contributed by atoms with E-state index in [1.165, 1.54) is 107 Å². The number of hydrogen-bond donors (Lipinski definition) is 0. The van der Waals surface area contributed by atoms with E-state index in [4.69, 9.17) is 0 Å². The van der Waals surface area contributed by atoms with Crippen molar-refractivity contribution in [3.8, 4) is 22.3 Å². The minimum Gasteiger partial charge on any atom is -0.314 e. The van der Waals surface area contributed by atoms with Gasteiger partial charge >= 0.3 is 0 Å². The number of fused-ring (bicyclic) bond motifs is 10. The molecule has 2 saturated carbocycles. The van der Waals surface area contributed by atoms with E-state index < -0.39 is 0 Å². The van der Waals surface area contributed by atoms with Gasteiger partial charge in [-0.3, -0.25) is 0 Å². The molecule has 5 aliphatic rings. The summed E-state index contributed by atoms with van der Waals surface area (Å²) in [5, 5.41) is 0. The lowest BCUT2D eigenvalue weighted by Gasteiger charge is -2.38. The fraction of sp³-hybridized carbons (Fsp3) is 0.146. The van der Waals surface area contributed by atoms with Gasteiger partial charge < -0.3 is 19.6 Å². The van der Waals surface area contributed by atoms with Crippen LogP contribution in [0.1, 0.15) is 80.0 Å². The highest BCUT2D eigenvalue weighted by Gasteiger charge is 2.51. The second-order valence-corrected chi connectivity index (χ2v) is 24.3. The molecular formula is C82H68N4. The first-order valence-electron chi connectivity index (χ1n) is 31.2. The summed E-state index contributed by atoms with van der Waals surface area (Å²) < 4.78 is 0. The quantitative estimate of drug-likeness (QED) is 0.114. The first-order chi connectivity index (χ1) is 42.6. The second-order valence-electron chi connectivity index (χ2n) is 24.3. The van der Waals surface area contributed by atoms with E-state index in [-0.39, 0.29) is 10.8 Å². The molecule has 1 unspecified atom stereocenters. The van der Waals surface area contributed by atoms with Crippen LogP contribution in [0.5, 0.6) is 0 Å². The average Bonchev–Trinajstić information content (AvgIpc) is 1.66. The van der Waals surface area contributed by atoms with Gasteiger partial charge in [0.2, 0.25) is 0 Å². The lowest BCUT2D eigenvalue weighted by atomic mass is 9.69. The van der Waals surface area contributed by atoms with Crippen molar-refractivity contribution in [3.05, 3.63) is 325 Å². The molecule has 416 valence electrons. The van der Waals surface area contributed by atoms with Gasteiger partial charge in [-0.05, 0) is 228 Å². The number of hydrogen-bond acceptors (Lipinski definition) is 4. The first kappa shape index (κ1) is 51.7. The van der Waals surface area contributed by atoms with Crippen LogP contribution in [0, 0.1) is 5.92 Å². The Morgan fingerprint density at radius 3 is 1.09 bits per heavy atom. The average molecular weight is 1110 g/mol. The Morgan fingerprint density at radius 1 is 0.267 bits per heavy atom. The molecule has 0 aliphatic heterocycles. The molecule has 0 saturated heterocycles. The Morgan fingerprint density at radius 2 is 0.616 bits per heavy atom. The predicted octanol–water partition coefficient (Wildman–Crippen LogP) is 22.6. The van der Waals surface area contributed by atoms with E-state index in [0.29, 0.717) is 5.92 Å². The van der Waals surface area contributed by atoms with Gasteiger partial charge in [-0.1, -0.05) is 183 Å². The molecule has 16 rings (SSSR count). The van der Waals surface area contributed by atoms with Crippen molar-refractivity contribution in [1.29, 1.82) is 0 Å². The summed E-state index contributed by atoms with van der Waals surface area (Å²) in [5.41, 5.74) is 26.7. The van der Waals surface area contributed by atoms with Crippen LogP contribution >= 0.6 is 0 Å². The van der Waals surface area contributed by atoms with Gasteiger partial charge in [-0.2, -0.15) is 0 Å². The van der Waals surface area contributed by atoms with Crippen LogP contribution in [-0.4, -0.2) is 0 Å². The van der Waals surface area contributed by atoms with E-state index in [0.717, 1.165) is 63.3 Å². The number of rotatable bonds is 13. The van der Waals surface area contributed by atoms with Gasteiger partial charge in [0.15, 0.2) is 0 Å². The molecule has 11 aromatic rings. The summed E-state index contributed by atoms with van der Waals surface area (Å²) in [6.07, 6.45) is 15.9. The lowest BCUT2D eigenvalue weighted by molar-refractivity contribution is 0.346. The molecule has 0 N–H and O–H groups in total. The Hall–Kier alpha value is -9.90. The van der Waals surface area contributed by atoms with Crippen LogP contribution in [0.15, 0.2) is 303 Å². The van der Waals surface area contributed by atoms with Crippen LogP contribution in [0.2, 0.25) is 0 Å². The van der Waals surface area contributed by atoms with Gasteiger partial charge in [0.25, 0.3) is 0 Å². The number of nitrogens with zero attached hydrogens (tertiary/aromatic N) is 4. The summed E-state index contributed by atoms with van der Waals surface area (Å²) in [5.74, 6) is 0.446. The van der Waals surface area contributed by atoms with Crippen LogP contribution in [0.3, 0.4) is 0 Å². The highest BCUT2D eigenvalue weighted by atomic mass is 15.2. The molecule has 0 radical (unpaired) electrons. The normalized spacial score (nSPS) is 16.4. The third-order valence-corrected chi connectivity index (χ3v) is 19.8. The highest BCUT2D eigenvalue weighted by Crippen LogP contribution is 2.62. The number of allylic oxidation sites excluding steroid dienone is 4. The number of benzene rings is 11. The minimum absolute atomic E-state index is 0.0535. The topological polar surface area (TPSA) is 13.0 Å². The van der Waals surface area contributed by atoms with Crippen LogP contribution < -0.4 is 19.6 Å². The Bertz CT molecular complexity index is 4210. The van der Waals surface area contributed by atoms with Crippen molar-refractivity contribution in [1.82, 2.24) is 0 Å². The maximum atomic E-state index is 2.54. The molecule has 2 spiro atoms. The van der Waals surface area contributed by atoms with Crippen molar-refractivity contribution >= 4 is 68.1 Å². The van der Waals surface area contributed by atoms with E-state index in [1.807, 2.05) is 0 Å². The third-order valence-electron chi connectivity index (χ3n) is 19.8. The molecule has 2 fully saturated rings. The summed E-state index contributed by atoms with van der Waals surface area (Å²) in [6, 6.07) is 106. The molecule has 86 heavy (non-hydrogen) atoms. The van der Waals surface area contributed by atoms with Crippen molar-refractivity contribution in [3.63, 3.8) is 0 Å².